The first kappa shape index (κ1) is 16.0. The van der Waals surface area contributed by atoms with Crippen LogP contribution in [-0.2, 0) is 21.3 Å². The molecule has 1 atom stereocenters. The minimum Gasteiger partial charge on any atom is -0.385 e. The van der Waals surface area contributed by atoms with Crippen LogP contribution in [0.3, 0.4) is 0 Å². The number of rotatable bonds is 7. The summed E-state index contributed by atoms with van der Waals surface area (Å²) in [6, 6.07) is 3.52. The van der Waals surface area contributed by atoms with Gasteiger partial charge in [-0.3, -0.25) is 0 Å². The summed E-state index contributed by atoms with van der Waals surface area (Å²) in [5.41, 5.74) is 5.91. The van der Waals surface area contributed by atoms with Gasteiger partial charge in [-0.15, -0.1) is 0 Å². The third kappa shape index (κ3) is 4.54. The van der Waals surface area contributed by atoms with Crippen molar-refractivity contribution in [1.82, 2.24) is 4.72 Å². The Kier molecular flexibility index (Phi) is 5.86. The van der Waals surface area contributed by atoms with Crippen LogP contribution in [0.25, 0.3) is 0 Å². The molecule has 1 aromatic rings. The van der Waals surface area contributed by atoms with Crippen molar-refractivity contribution >= 4 is 10.0 Å². The average molecular weight is 290 g/mol. The summed E-state index contributed by atoms with van der Waals surface area (Å²) in [5.74, 6) is -0.797. The number of ether oxygens (including phenoxy) is 1. The van der Waals surface area contributed by atoms with E-state index in [0.29, 0.717) is 18.6 Å². The zero-order valence-corrected chi connectivity index (χ0v) is 11.8. The van der Waals surface area contributed by atoms with Crippen molar-refractivity contribution in [2.45, 2.75) is 30.8 Å². The largest absolute Gasteiger partial charge is 0.385 e. The fourth-order valence-electron chi connectivity index (χ4n) is 1.57. The monoisotopic (exact) mass is 290 g/mol. The number of sulfonamides is 1. The van der Waals surface area contributed by atoms with Crippen molar-refractivity contribution in [3.05, 3.63) is 29.6 Å². The summed E-state index contributed by atoms with van der Waals surface area (Å²) in [7, 11) is -2.33. The third-order valence-corrected chi connectivity index (χ3v) is 4.26. The van der Waals surface area contributed by atoms with Gasteiger partial charge in [0.1, 0.15) is 10.7 Å². The summed E-state index contributed by atoms with van der Waals surface area (Å²) < 4.78 is 45.0. The van der Waals surface area contributed by atoms with E-state index in [9.17, 15) is 12.8 Å². The van der Waals surface area contributed by atoms with Crippen LogP contribution in [0.4, 0.5) is 4.39 Å². The molecule has 1 unspecified atom stereocenters. The van der Waals surface area contributed by atoms with E-state index in [1.54, 1.807) is 6.92 Å². The Bertz CT molecular complexity index is 520. The van der Waals surface area contributed by atoms with Gasteiger partial charge in [0.05, 0.1) is 0 Å². The highest BCUT2D eigenvalue weighted by Crippen LogP contribution is 2.16. The molecule has 0 aliphatic heterocycles. The minimum absolute atomic E-state index is 0.162. The van der Waals surface area contributed by atoms with Crippen molar-refractivity contribution in [2.24, 2.45) is 5.73 Å². The molecule has 0 amide bonds. The van der Waals surface area contributed by atoms with Crippen molar-refractivity contribution in [1.29, 1.82) is 0 Å². The maximum atomic E-state index is 13.7. The van der Waals surface area contributed by atoms with Crippen molar-refractivity contribution < 1.29 is 17.5 Å². The summed E-state index contributed by atoms with van der Waals surface area (Å²) in [6.45, 7) is 2.29. The molecule has 19 heavy (non-hydrogen) atoms. The highest BCUT2D eigenvalue weighted by Gasteiger charge is 2.21. The maximum absolute atomic E-state index is 13.7. The van der Waals surface area contributed by atoms with Crippen LogP contribution >= 0.6 is 0 Å². The van der Waals surface area contributed by atoms with Crippen molar-refractivity contribution in [3.8, 4) is 0 Å². The molecule has 0 bridgehead atoms. The van der Waals surface area contributed by atoms with Gasteiger partial charge in [0.25, 0.3) is 0 Å². The van der Waals surface area contributed by atoms with Crippen molar-refractivity contribution in [3.63, 3.8) is 0 Å². The molecule has 5 nitrogen and oxygen atoms in total. The van der Waals surface area contributed by atoms with Gasteiger partial charge < -0.3 is 10.5 Å². The van der Waals surface area contributed by atoms with E-state index in [-0.39, 0.29) is 17.5 Å². The summed E-state index contributed by atoms with van der Waals surface area (Å²) in [6.07, 6.45) is 0.512. The van der Waals surface area contributed by atoms with Gasteiger partial charge in [0.2, 0.25) is 10.0 Å². The van der Waals surface area contributed by atoms with Gasteiger partial charge in [-0.2, -0.15) is 0 Å². The maximum Gasteiger partial charge on any atom is 0.243 e. The molecular weight excluding hydrogens is 271 g/mol. The fraction of sp³-hybridized carbons (Fsp3) is 0.500. The van der Waals surface area contributed by atoms with Crippen LogP contribution in [-0.4, -0.2) is 28.2 Å². The second-order valence-electron chi connectivity index (χ2n) is 4.27. The van der Waals surface area contributed by atoms with Gasteiger partial charge in [-0.1, -0.05) is 6.07 Å². The summed E-state index contributed by atoms with van der Waals surface area (Å²) in [5, 5.41) is 0. The fourth-order valence-corrected chi connectivity index (χ4v) is 2.91. The predicted octanol–water partition coefficient (Wildman–Crippen LogP) is 0.988. The van der Waals surface area contributed by atoms with Gasteiger partial charge in [-0.25, -0.2) is 17.5 Å². The first-order chi connectivity index (χ1) is 8.90. The van der Waals surface area contributed by atoms with E-state index >= 15 is 0 Å². The van der Waals surface area contributed by atoms with Crippen LogP contribution in [0, 0.1) is 5.82 Å². The topological polar surface area (TPSA) is 81.4 Å². The number of methoxy groups -OCH3 is 1. The van der Waals surface area contributed by atoms with E-state index in [4.69, 9.17) is 10.5 Å². The Morgan fingerprint density at radius 1 is 1.47 bits per heavy atom. The zero-order chi connectivity index (χ0) is 14.5. The van der Waals surface area contributed by atoms with E-state index in [0.717, 1.165) is 6.07 Å². The molecule has 0 saturated carbocycles. The Hall–Kier alpha value is -1.02. The molecule has 0 aromatic heterocycles. The van der Waals surface area contributed by atoms with Gasteiger partial charge in [0.15, 0.2) is 0 Å². The minimum atomic E-state index is -3.87. The van der Waals surface area contributed by atoms with Crippen LogP contribution in [0.2, 0.25) is 0 Å². The van der Waals surface area contributed by atoms with Gasteiger partial charge in [0, 0.05) is 26.3 Å². The molecule has 3 N–H and O–H groups in total. The number of nitrogens with one attached hydrogen (secondary N) is 1. The van der Waals surface area contributed by atoms with Crippen LogP contribution < -0.4 is 10.5 Å². The molecule has 0 heterocycles. The van der Waals surface area contributed by atoms with Crippen LogP contribution in [0.15, 0.2) is 23.1 Å². The number of nitrogens with two attached hydrogens (primary N) is 1. The second kappa shape index (κ2) is 6.95. The normalized spacial score (nSPS) is 13.5. The number of halogens is 1. The number of benzene rings is 1. The molecule has 0 spiro atoms. The molecule has 0 radical (unpaired) electrons. The number of hydrogen-bond donors (Lipinski definition) is 2. The molecule has 1 rings (SSSR count). The Labute approximate surface area is 113 Å². The highest BCUT2D eigenvalue weighted by atomic mass is 32.2. The molecule has 7 heteroatoms. The molecule has 0 fully saturated rings. The quantitative estimate of drug-likeness (QED) is 0.784. The summed E-state index contributed by atoms with van der Waals surface area (Å²) >= 11 is 0. The molecule has 0 saturated heterocycles. The standard InChI is InChI=1S/C12H19FN2O3S/c1-9(5-6-18-2)15-19(16,17)12-4-3-10(8-14)7-11(12)13/h3-4,7,9,15H,5-6,8,14H2,1-2H3. The van der Waals surface area contributed by atoms with E-state index in [1.807, 2.05) is 0 Å². The van der Waals surface area contributed by atoms with Gasteiger partial charge in [-0.05, 0) is 31.0 Å². The smallest absolute Gasteiger partial charge is 0.243 e. The SMILES string of the molecule is COCCC(C)NS(=O)(=O)c1ccc(CN)cc1F. The second-order valence-corrected chi connectivity index (χ2v) is 5.96. The molecule has 0 aliphatic rings. The van der Waals surface area contributed by atoms with Crippen molar-refractivity contribution in [2.75, 3.05) is 13.7 Å². The average Bonchev–Trinajstić information content (AvgIpc) is 2.35. The first-order valence-electron chi connectivity index (χ1n) is 5.90. The number of hydrogen-bond acceptors (Lipinski definition) is 4. The molecule has 108 valence electrons. The first-order valence-corrected chi connectivity index (χ1v) is 7.38. The lowest BCUT2D eigenvalue weighted by Crippen LogP contribution is -2.33. The third-order valence-electron chi connectivity index (χ3n) is 2.63. The lowest BCUT2D eigenvalue weighted by atomic mass is 10.2. The lowest BCUT2D eigenvalue weighted by Gasteiger charge is -2.14. The predicted molar refractivity (Wildman–Crippen MR) is 70.6 cm³/mol. The van der Waals surface area contributed by atoms with E-state index in [1.165, 1.54) is 19.2 Å². The zero-order valence-electron chi connectivity index (χ0n) is 11.0. The molecule has 0 aliphatic carbocycles. The van der Waals surface area contributed by atoms with Gasteiger partial charge >= 0.3 is 0 Å². The Morgan fingerprint density at radius 3 is 2.68 bits per heavy atom. The van der Waals surface area contributed by atoms with E-state index in [2.05, 4.69) is 4.72 Å². The lowest BCUT2D eigenvalue weighted by molar-refractivity contribution is 0.188. The van der Waals surface area contributed by atoms with Crippen LogP contribution in [0.5, 0.6) is 0 Å². The summed E-state index contributed by atoms with van der Waals surface area (Å²) in [4.78, 5) is -0.367. The van der Waals surface area contributed by atoms with Crippen LogP contribution in [0.1, 0.15) is 18.9 Å². The van der Waals surface area contributed by atoms with E-state index < -0.39 is 15.8 Å². The molecular formula is C12H19FN2O3S. The Morgan fingerprint density at radius 2 is 2.16 bits per heavy atom. The molecule has 1 aromatic carbocycles. The Balaban J connectivity index is 2.88. The highest BCUT2D eigenvalue weighted by molar-refractivity contribution is 7.89.